The van der Waals surface area contributed by atoms with Gasteiger partial charge in [0.15, 0.2) is 6.61 Å². The van der Waals surface area contributed by atoms with Crippen molar-refractivity contribution in [3.05, 3.63) is 65.7 Å². The molecule has 29 heavy (non-hydrogen) atoms. The summed E-state index contributed by atoms with van der Waals surface area (Å²) in [5.41, 5.74) is 2.25. The molecule has 0 radical (unpaired) electrons. The quantitative estimate of drug-likeness (QED) is 0.666. The minimum atomic E-state index is -0.846. The Balaban J connectivity index is 1.89. The molecule has 0 spiro atoms. The SMILES string of the molecule is CC(C)c1ccc(NC(=O)COC(=O)[C@@H](NC(=O)c2ccccc2)C(C)C)cc1. The molecule has 0 bridgehead atoms. The number of hydrogen-bond acceptors (Lipinski definition) is 4. The van der Waals surface area contributed by atoms with E-state index in [-0.39, 0.29) is 11.8 Å². The molecule has 0 saturated carbocycles. The number of rotatable bonds is 8. The predicted octanol–water partition coefficient (Wildman–Crippen LogP) is 3.75. The van der Waals surface area contributed by atoms with E-state index in [2.05, 4.69) is 24.5 Å². The second kappa shape index (κ2) is 10.4. The maximum absolute atomic E-state index is 12.4. The van der Waals surface area contributed by atoms with E-state index >= 15 is 0 Å². The van der Waals surface area contributed by atoms with Crippen molar-refractivity contribution in [1.82, 2.24) is 5.32 Å². The first kappa shape index (κ1) is 22.1. The number of ether oxygens (including phenoxy) is 1. The van der Waals surface area contributed by atoms with Crippen LogP contribution < -0.4 is 10.6 Å². The highest BCUT2D eigenvalue weighted by atomic mass is 16.5. The van der Waals surface area contributed by atoms with Crippen LogP contribution in [0.3, 0.4) is 0 Å². The van der Waals surface area contributed by atoms with Gasteiger partial charge in [0.05, 0.1) is 0 Å². The summed E-state index contributed by atoms with van der Waals surface area (Å²) in [6.45, 7) is 7.36. The van der Waals surface area contributed by atoms with Gasteiger partial charge in [-0.1, -0.05) is 58.0 Å². The molecule has 6 heteroatoms. The lowest BCUT2D eigenvalue weighted by molar-refractivity contribution is -0.150. The van der Waals surface area contributed by atoms with E-state index in [0.29, 0.717) is 17.2 Å². The Morgan fingerprint density at radius 2 is 1.52 bits per heavy atom. The second-order valence-electron chi connectivity index (χ2n) is 7.49. The molecule has 6 nitrogen and oxygen atoms in total. The molecule has 1 atom stereocenters. The number of esters is 1. The molecule has 0 saturated heterocycles. The monoisotopic (exact) mass is 396 g/mol. The Bertz CT molecular complexity index is 830. The van der Waals surface area contributed by atoms with Crippen LogP contribution in [0.15, 0.2) is 54.6 Å². The molecule has 0 aliphatic heterocycles. The molecule has 154 valence electrons. The largest absolute Gasteiger partial charge is 0.454 e. The Hall–Kier alpha value is -3.15. The average Bonchev–Trinajstić information content (AvgIpc) is 2.70. The van der Waals surface area contributed by atoms with E-state index in [1.54, 1.807) is 44.2 Å². The minimum absolute atomic E-state index is 0.193. The normalized spacial score (nSPS) is 11.8. The van der Waals surface area contributed by atoms with Gasteiger partial charge in [-0.15, -0.1) is 0 Å². The standard InChI is InChI=1S/C23H28N2O4/c1-15(2)17-10-12-19(13-11-17)24-20(26)14-29-23(28)21(16(3)4)25-22(27)18-8-6-5-7-9-18/h5-13,15-16,21H,14H2,1-4H3,(H,24,26)(H,25,27)/t21-/m0/s1. The lowest BCUT2D eigenvalue weighted by Gasteiger charge is -2.20. The van der Waals surface area contributed by atoms with Gasteiger partial charge in [-0.3, -0.25) is 9.59 Å². The molecule has 2 amide bonds. The Morgan fingerprint density at radius 3 is 2.07 bits per heavy atom. The van der Waals surface area contributed by atoms with Crippen LogP contribution in [0.1, 0.15) is 49.5 Å². The van der Waals surface area contributed by atoms with E-state index in [1.807, 2.05) is 24.3 Å². The number of carbonyl (C=O) groups excluding carboxylic acids is 3. The topological polar surface area (TPSA) is 84.5 Å². The smallest absolute Gasteiger partial charge is 0.329 e. The summed E-state index contributed by atoms with van der Waals surface area (Å²) in [4.78, 5) is 36.8. The molecule has 2 aromatic carbocycles. The van der Waals surface area contributed by atoms with Gasteiger partial charge >= 0.3 is 5.97 Å². The van der Waals surface area contributed by atoms with Gasteiger partial charge in [-0.2, -0.15) is 0 Å². The van der Waals surface area contributed by atoms with E-state index < -0.39 is 24.5 Å². The first-order valence-electron chi connectivity index (χ1n) is 9.70. The van der Waals surface area contributed by atoms with Crippen LogP contribution in [0.4, 0.5) is 5.69 Å². The predicted molar refractivity (Wildman–Crippen MR) is 113 cm³/mol. The van der Waals surface area contributed by atoms with Crippen LogP contribution in [0.25, 0.3) is 0 Å². The van der Waals surface area contributed by atoms with Gasteiger partial charge in [0.25, 0.3) is 11.8 Å². The number of anilines is 1. The Labute approximate surface area is 171 Å². The molecule has 2 N–H and O–H groups in total. The van der Waals surface area contributed by atoms with Crippen molar-refractivity contribution in [1.29, 1.82) is 0 Å². The lowest BCUT2D eigenvalue weighted by Crippen LogP contribution is -2.45. The van der Waals surface area contributed by atoms with Gasteiger partial charge in [0.1, 0.15) is 6.04 Å². The fraction of sp³-hybridized carbons (Fsp3) is 0.348. The Kier molecular flexibility index (Phi) is 7.95. The zero-order chi connectivity index (χ0) is 21.4. The molecule has 2 aromatic rings. The first-order valence-corrected chi connectivity index (χ1v) is 9.70. The maximum Gasteiger partial charge on any atom is 0.329 e. The summed E-state index contributed by atoms with van der Waals surface area (Å²) in [5, 5.41) is 5.37. The third-order valence-corrected chi connectivity index (χ3v) is 4.45. The van der Waals surface area contributed by atoms with Crippen LogP contribution in [-0.4, -0.2) is 30.4 Å². The highest BCUT2D eigenvalue weighted by molar-refractivity contribution is 5.97. The van der Waals surface area contributed by atoms with Gasteiger partial charge in [-0.05, 0) is 41.7 Å². The van der Waals surface area contributed by atoms with Crippen LogP contribution in [-0.2, 0) is 14.3 Å². The van der Waals surface area contributed by atoms with E-state index in [1.165, 1.54) is 5.56 Å². The molecule has 2 rings (SSSR count). The van der Waals surface area contributed by atoms with Gasteiger partial charge in [-0.25, -0.2) is 4.79 Å². The van der Waals surface area contributed by atoms with E-state index in [9.17, 15) is 14.4 Å². The molecule has 0 aliphatic rings. The Morgan fingerprint density at radius 1 is 0.897 bits per heavy atom. The number of nitrogens with one attached hydrogen (secondary N) is 2. The van der Waals surface area contributed by atoms with E-state index in [4.69, 9.17) is 4.74 Å². The molecular formula is C23H28N2O4. The third-order valence-electron chi connectivity index (χ3n) is 4.45. The van der Waals surface area contributed by atoms with Gasteiger partial charge < -0.3 is 15.4 Å². The summed E-state index contributed by atoms with van der Waals surface area (Å²) in [5.74, 6) is -1.24. The van der Waals surface area contributed by atoms with Crippen LogP contribution >= 0.6 is 0 Å². The van der Waals surface area contributed by atoms with Gasteiger partial charge in [0, 0.05) is 11.3 Å². The first-order chi connectivity index (χ1) is 13.8. The number of carbonyl (C=O) groups is 3. The zero-order valence-electron chi connectivity index (χ0n) is 17.3. The van der Waals surface area contributed by atoms with Crippen molar-refractivity contribution in [3.8, 4) is 0 Å². The van der Waals surface area contributed by atoms with Crippen molar-refractivity contribution < 1.29 is 19.1 Å². The second-order valence-corrected chi connectivity index (χ2v) is 7.49. The third kappa shape index (κ3) is 6.75. The zero-order valence-corrected chi connectivity index (χ0v) is 17.3. The van der Waals surface area contributed by atoms with Crippen LogP contribution in [0, 0.1) is 5.92 Å². The molecule has 0 unspecified atom stereocenters. The van der Waals surface area contributed by atoms with Crippen molar-refractivity contribution in [2.75, 3.05) is 11.9 Å². The molecule has 0 heterocycles. The maximum atomic E-state index is 12.4. The van der Waals surface area contributed by atoms with Crippen molar-refractivity contribution in [2.24, 2.45) is 5.92 Å². The summed E-state index contributed by atoms with van der Waals surface area (Å²) in [6, 6.07) is 15.3. The van der Waals surface area contributed by atoms with Crippen molar-refractivity contribution in [3.63, 3.8) is 0 Å². The summed E-state index contributed by atoms with van der Waals surface area (Å²) >= 11 is 0. The number of benzene rings is 2. The van der Waals surface area contributed by atoms with E-state index in [0.717, 1.165) is 0 Å². The minimum Gasteiger partial charge on any atom is -0.454 e. The highest BCUT2D eigenvalue weighted by Crippen LogP contribution is 2.17. The number of hydrogen-bond donors (Lipinski definition) is 2. The van der Waals surface area contributed by atoms with Crippen LogP contribution in [0.2, 0.25) is 0 Å². The van der Waals surface area contributed by atoms with Crippen LogP contribution in [0.5, 0.6) is 0 Å². The lowest BCUT2D eigenvalue weighted by atomic mass is 10.0. The molecule has 0 fully saturated rings. The molecule has 0 aliphatic carbocycles. The molecule has 0 aromatic heterocycles. The van der Waals surface area contributed by atoms with Crippen molar-refractivity contribution in [2.45, 2.75) is 39.7 Å². The summed E-state index contributed by atoms with van der Waals surface area (Å²) in [7, 11) is 0. The fourth-order valence-corrected chi connectivity index (χ4v) is 2.69. The summed E-state index contributed by atoms with van der Waals surface area (Å²) < 4.78 is 5.13. The highest BCUT2D eigenvalue weighted by Gasteiger charge is 2.26. The fourth-order valence-electron chi connectivity index (χ4n) is 2.69. The molecular weight excluding hydrogens is 368 g/mol. The summed E-state index contributed by atoms with van der Waals surface area (Å²) in [6.07, 6.45) is 0. The van der Waals surface area contributed by atoms with Gasteiger partial charge in [0.2, 0.25) is 0 Å². The average molecular weight is 396 g/mol. The van der Waals surface area contributed by atoms with Crippen molar-refractivity contribution >= 4 is 23.5 Å². The number of amides is 2.